The number of hydrogen-bond donors (Lipinski definition) is 1. The molecule has 2 heteroatoms. The predicted octanol–water partition coefficient (Wildman–Crippen LogP) is 1.98. The molecular formula is C11H14O2. The summed E-state index contributed by atoms with van der Waals surface area (Å²) in [7, 11) is 0. The molecule has 0 saturated heterocycles. The summed E-state index contributed by atoms with van der Waals surface area (Å²) in [5, 5.41) is 9.48. The SMILES string of the molecule is Cc1c(C(C)O)ccc2c1OCC2. The molecule has 2 rings (SSSR count). The highest BCUT2D eigenvalue weighted by molar-refractivity contribution is 5.48. The Balaban J connectivity index is 2.52. The topological polar surface area (TPSA) is 29.5 Å². The highest BCUT2D eigenvalue weighted by Gasteiger charge is 2.17. The number of fused-ring (bicyclic) bond motifs is 1. The molecule has 2 nitrogen and oxygen atoms in total. The first-order valence-corrected chi connectivity index (χ1v) is 4.63. The van der Waals surface area contributed by atoms with Gasteiger partial charge in [0.25, 0.3) is 0 Å². The number of benzene rings is 1. The predicted molar refractivity (Wildman–Crippen MR) is 51.0 cm³/mol. The van der Waals surface area contributed by atoms with Gasteiger partial charge in [-0.05, 0) is 30.5 Å². The Kier molecular flexibility index (Phi) is 2.00. The van der Waals surface area contributed by atoms with Gasteiger partial charge in [-0.25, -0.2) is 0 Å². The number of ether oxygens (including phenoxy) is 1. The molecule has 1 aliphatic heterocycles. The maximum Gasteiger partial charge on any atom is 0.125 e. The first-order valence-electron chi connectivity index (χ1n) is 4.63. The molecule has 0 aromatic heterocycles. The Bertz CT molecular complexity index is 329. The zero-order valence-electron chi connectivity index (χ0n) is 8.00. The molecule has 1 aromatic carbocycles. The Morgan fingerprint density at radius 1 is 1.46 bits per heavy atom. The highest BCUT2D eigenvalue weighted by Crippen LogP contribution is 2.33. The van der Waals surface area contributed by atoms with Gasteiger partial charge in [-0.1, -0.05) is 12.1 Å². The van der Waals surface area contributed by atoms with Gasteiger partial charge in [0.1, 0.15) is 5.75 Å². The summed E-state index contributed by atoms with van der Waals surface area (Å²) in [5.41, 5.74) is 3.33. The van der Waals surface area contributed by atoms with Crippen molar-refractivity contribution in [3.63, 3.8) is 0 Å². The van der Waals surface area contributed by atoms with Crippen LogP contribution in [0.4, 0.5) is 0 Å². The fourth-order valence-electron chi connectivity index (χ4n) is 1.88. The van der Waals surface area contributed by atoms with Crippen LogP contribution in [0.25, 0.3) is 0 Å². The minimum atomic E-state index is -0.408. The van der Waals surface area contributed by atoms with Crippen LogP contribution in [-0.2, 0) is 6.42 Å². The molecule has 1 unspecified atom stereocenters. The fraction of sp³-hybridized carbons (Fsp3) is 0.455. The number of rotatable bonds is 1. The summed E-state index contributed by atoms with van der Waals surface area (Å²) in [4.78, 5) is 0. The van der Waals surface area contributed by atoms with E-state index in [-0.39, 0.29) is 0 Å². The fourth-order valence-corrected chi connectivity index (χ4v) is 1.88. The van der Waals surface area contributed by atoms with Crippen LogP contribution in [-0.4, -0.2) is 11.7 Å². The van der Waals surface area contributed by atoms with E-state index in [2.05, 4.69) is 6.07 Å². The lowest BCUT2D eigenvalue weighted by molar-refractivity contribution is 0.198. The monoisotopic (exact) mass is 178 g/mol. The van der Waals surface area contributed by atoms with Gasteiger partial charge < -0.3 is 9.84 Å². The van der Waals surface area contributed by atoms with Gasteiger partial charge >= 0.3 is 0 Å². The molecule has 0 amide bonds. The van der Waals surface area contributed by atoms with Crippen LogP contribution in [0.3, 0.4) is 0 Å². The van der Waals surface area contributed by atoms with Crippen molar-refractivity contribution in [2.24, 2.45) is 0 Å². The molecule has 1 N–H and O–H groups in total. The molecule has 0 radical (unpaired) electrons. The average Bonchev–Trinajstić information content (AvgIpc) is 2.52. The quantitative estimate of drug-likeness (QED) is 0.712. The average molecular weight is 178 g/mol. The number of hydrogen-bond acceptors (Lipinski definition) is 2. The van der Waals surface area contributed by atoms with Gasteiger partial charge in [0.2, 0.25) is 0 Å². The lowest BCUT2D eigenvalue weighted by Crippen LogP contribution is -1.97. The molecule has 1 atom stereocenters. The lowest BCUT2D eigenvalue weighted by atomic mass is 10.00. The van der Waals surface area contributed by atoms with Crippen molar-refractivity contribution >= 4 is 0 Å². The van der Waals surface area contributed by atoms with Crippen molar-refractivity contribution < 1.29 is 9.84 Å². The summed E-state index contributed by atoms with van der Waals surface area (Å²) in [6.45, 7) is 4.56. The smallest absolute Gasteiger partial charge is 0.125 e. The minimum Gasteiger partial charge on any atom is -0.493 e. The largest absolute Gasteiger partial charge is 0.493 e. The van der Waals surface area contributed by atoms with Crippen molar-refractivity contribution in [3.8, 4) is 5.75 Å². The molecule has 1 heterocycles. The first kappa shape index (κ1) is 8.57. The van der Waals surface area contributed by atoms with Crippen molar-refractivity contribution in [3.05, 3.63) is 28.8 Å². The third-order valence-corrected chi connectivity index (χ3v) is 2.60. The molecule has 1 aromatic rings. The summed E-state index contributed by atoms with van der Waals surface area (Å²) >= 11 is 0. The molecule has 0 spiro atoms. The first-order chi connectivity index (χ1) is 6.20. The Morgan fingerprint density at radius 2 is 2.23 bits per heavy atom. The molecule has 0 saturated carbocycles. The molecule has 1 aliphatic rings. The lowest BCUT2D eigenvalue weighted by Gasteiger charge is -2.11. The number of aliphatic hydroxyl groups is 1. The van der Waals surface area contributed by atoms with Crippen LogP contribution in [0.1, 0.15) is 29.7 Å². The van der Waals surface area contributed by atoms with E-state index in [1.54, 1.807) is 6.92 Å². The van der Waals surface area contributed by atoms with Crippen molar-refractivity contribution in [2.75, 3.05) is 6.61 Å². The molecule has 0 fully saturated rings. The zero-order valence-corrected chi connectivity index (χ0v) is 8.00. The van der Waals surface area contributed by atoms with Crippen LogP contribution in [0, 0.1) is 6.92 Å². The summed E-state index contributed by atoms with van der Waals surface area (Å²) < 4.78 is 5.51. The Morgan fingerprint density at radius 3 is 2.92 bits per heavy atom. The minimum absolute atomic E-state index is 0.408. The third kappa shape index (κ3) is 1.31. The van der Waals surface area contributed by atoms with Crippen LogP contribution in [0.5, 0.6) is 5.75 Å². The van der Waals surface area contributed by atoms with Crippen LogP contribution >= 0.6 is 0 Å². The zero-order chi connectivity index (χ0) is 9.42. The van der Waals surface area contributed by atoms with E-state index in [0.29, 0.717) is 0 Å². The molecular weight excluding hydrogens is 164 g/mol. The van der Waals surface area contributed by atoms with Crippen LogP contribution in [0.15, 0.2) is 12.1 Å². The van der Waals surface area contributed by atoms with Crippen LogP contribution in [0.2, 0.25) is 0 Å². The van der Waals surface area contributed by atoms with Gasteiger partial charge in [0.15, 0.2) is 0 Å². The summed E-state index contributed by atoms with van der Waals surface area (Å²) in [6.07, 6.45) is 0.588. The van der Waals surface area contributed by atoms with Crippen molar-refractivity contribution in [1.82, 2.24) is 0 Å². The van der Waals surface area contributed by atoms with Gasteiger partial charge in [0.05, 0.1) is 12.7 Å². The summed E-state index contributed by atoms with van der Waals surface area (Å²) in [5.74, 6) is 0.985. The second-order valence-corrected chi connectivity index (χ2v) is 3.54. The second kappa shape index (κ2) is 3.04. The van der Waals surface area contributed by atoms with E-state index < -0.39 is 6.10 Å². The van der Waals surface area contributed by atoms with Gasteiger partial charge in [0, 0.05) is 6.42 Å². The third-order valence-electron chi connectivity index (χ3n) is 2.60. The van der Waals surface area contributed by atoms with E-state index in [9.17, 15) is 5.11 Å². The second-order valence-electron chi connectivity index (χ2n) is 3.54. The maximum atomic E-state index is 9.48. The van der Waals surface area contributed by atoms with E-state index in [0.717, 1.165) is 29.9 Å². The van der Waals surface area contributed by atoms with E-state index in [1.165, 1.54) is 5.56 Å². The van der Waals surface area contributed by atoms with Crippen molar-refractivity contribution in [2.45, 2.75) is 26.4 Å². The van der Waals surface area contributed by atoms with Crippen LogP contribution < -0.4 is 4.74 Å². The van der Waals surface area contributed by atoms with Gasteiger partial charge in [-0.15, -0.1) is 0 Å². The highest BCUT2D eigenvalue weighted by atomic mass is 16.5. The molecule has 70 valence electrons. The Hall–Kier alpha value is -1.02. The molecule has 0 bridgehead atoms. The van der Waals surface area contributed by atoms with E-state index in [1.807, 2.05) is 13.0 Å². The van der Waals surface area contributed by atoms with E-state index in [4.69, 9.17) is 4.74 Å². The van der Waals surface area contributed by atoms with Crippen molar-refractivity contribution in [1.29, 1.82) is 0 Å². The van der Waals surface area contributed by atoms with Gasteiger partial charge in [-0.2, -0.15) is 0 Å². The van der Waals surface area contributed by atoms with E-state index >= 15 is 0 Å². The molecule has 0 aliphatic carbocycles. The summed E-state index contributed by atoms with van der Waals surface area (Å²) in [6, 6.07) is 4.05. The van der Waals surface area contributed by atoms with Gasteiger partial charge in [-0.3, -0.25) is 0 Å². The normalized spacial score (nSPS) is 16.5. The standard InChI is InChI=1S/C11H14O2/c1-7-10(8(2)12)4-3-9-5-6-13-11(7)9/h3-4,8,12H,5-6H2,1-2H3. The molecule has 13 heavy (non-hydrogen) atoms. The Labute approximate surface area is 78.2 Å². The number of aliphatic hydroxyl groups excluding tert-OH is 1. The maximum absolute atomic E-state index is 9.48.